The van der Waals surface area contributed by atoms with Crippen molar-refractivity contribution in [3.05, 3.63) is 53.1 Å². The molecule has 0 bridgehead atoms. The molecule has 0 amide bonds. The van der Waals surface area contributed by atoms with Gasteiger partial charge in [-0.1, -0.05) is 42.0 Å². The average molecular weight is 186 g/mol. The summed E-state index contributed by atoms with van der Waals surface area (Å²) in [7, 11) is 0. The summed E-state index contributed by atoms with van der Waals surface area (Å²) in [5, 5.41) is 0. The molecular formula is C14H18. The molecule has 0 unspecified atom stereocenters. The lowest BCUT2D eigenvalue weighted by atomic mass is 9.99. The van der Waals surface area contributed by atoms with Crippen molar-refractivity contribution in [2.24, 2.45) is 0 Å². The van der Waals surface area contributed by atoms with Gasteiger partial charge >= 0.3 is 0 Å². The van der Waals surface area contributed by atoms with E-state index in [1.807, 2.05) is 0 Å². The fourth-order valence-electron chi connectivity index (χ4n) is 1.52. The second kappa shape index (κ2) is 4.80. The topological polar surface area (TPSA) is 0 Å². The highest BCUT2D eigenvalue weighted by Gasteiger charge is 1.99. The van der Waals surface area contributed by atoms with Crippen molar-refractivity contribution in [1.29, 1.82) is 0 Å². The van der Waals surface area contributed by atoms with E-state index in [-0.39, 0.29) is 0 Å². The van der Waals surface area contributed by atoms with E-state index in [0.29, 0.717) is 0 Å². The molecule has 0 atom stereocenters. The van der Waals surface area contributed by atoms with Crippen LogP contribution in [0.2, 0.25) is 0 Å². The summed E-state index contributed by atoms with van der Waals surface area (Å²) in [4.78, 5) is 0. The van der Waals surface area contributed by atoms with Gasteiger partial charge in [0.15, 0.2) is 0 Å². The first-order chi connectivity index (χ1) is 6.65. The van der Waals surface area contributed by atoms with Gasteiger partial charge in [-0.3, -0.25) is 0 Å². The molecule has 0 aromatic heterocycles. The Kier molecular flexibility index (Phi) is 3.70. The van der Waals surface area contributed by atoms with E-state index in [1.54, 1.807) is 0 Å². The molecule has 1 aromatic rings. The van der Waals surface area contributed by atoms with Crippen molar-refractivity contribution >= 4 is 5.57 Å². The highest BCUT2D eigenvalue weighted by Crippen LogP contribution is 2.20. The molecule has 0 aliphatic heterocycles. The Labute approximate surface area is 87.0 Å². The Hall–Kier alpha value is -1.30. The van der Waals surface area contributed by atoms with Gasteiger partial charge in [0.05, 0.1) is 0 Å². The summed E-state index contributed by atoms with van der Waals surface area (Å²) < 4.78 is 0. The third-order valence-corrected chi connectivity index (χ3v) is 2.21. The molecule has 0 nitrogen and oxygen atoms in total. The van der Waals surface area contributed by atoms with E-state index in [4.69, 9.17) is 0 Å². The molecule has 0 spiro atoms. The summed E-state index contributed by atoms with van der Waals surface area (Å²) in [6.45, 7) is 8.49. The maximum Gasteiger partial charge on any atom is -0.0158 e. The second-order valence-corrected chi connectivity index (χ2v) is 3.78. The van der Waals surface area contributed by atoms with E-state index in [2.05, 4.69) is 64.1 Å². The summed E-state index contributed by atoms with van der Waals surface area (Å²) in [5.41, 5.74) is 5.30. The van der Waals surface area contributed by atoms with Crippen LogP contribution in [-0.2, 0) is 0 Å². The van der Waals surface area contributed by atoms with Crippen LogP contribution in [0.3, 0.4) is 0 Å². The van der Waals surface area contributed by atoms with E-state index >= 15 is 0 Å². The van der Waals surface area contributed by atoms with Crippen LogP contribution in [0, 0.1) is 6.92 Å². The van der Waals surface area contributed by atoms with Gasteiger partial charge in [0, 0.05) is 0 Å². The van der Waals surface area contributed by atoms with Crippen LogP contribution >= 0.6 is 0 Å². The third-order valence-electron chi connectivity index (χ3n) is 2.21. The van der Waals surface area contributed by atoms with Gasteiger partial charge in [-0.05, 0) is 44.4 Å². The Morgan fingerprint density at radius 3 is 2.29 bits per heavy atom. The van der Waals surface area contributed by atoms with Crippen LogP contribution in [0.1, 0.15) is 31.9 Å². The molecule has 1 aromatic carbocycles. The largest absolute Gasteiger partial charge is 0.0798 e. The Bertz CT molecular complexity index is 363. The minimum absolute atomic E-state index is 1.31. The minimum Gasteiger partial charge on any atom is -0.0798 e. The van der Waals surface area contributed by atoms with Gasteiger partial charge in [-0.2, -0.15) is 0 Å². The first-order valence-electron chi connectivity index (χ1n) is 5.02. The van der Waals surface area contributed by atoms with Crippen molar-refractivity contribution < 1.29 is 0 Å². The van der Waals surface area contributed by atoms with Crippen molar-refractivity contribution in [2.75, 3.05) is 0 Å². The van der Waals surface area contributed by atoms with Gasteiger partial charge in [0.25, 0.3) is 0 Å². The Balaban J connectivity index is 3.15. The third kappa shape index (κ3) is 2.59. The number of aryl methyl sites for hydroxylation is 1. The molecule has 0 aliphatic carbocycles. The van der Waals surface area contributed by atoms with Crippen LogP contribution in [0.25, 0.3) is 5.57 Å². The maximum absolute atomic E-state index is 2.22. The van der Waals surface area contributed by atoms with E-state index in [1.165, 1.54) is 22.3 Å². The first kappa shape index (κ1) is 10.8. The summed E-state index contributed by atoms with van der Waals surface area (Å²) in [5.74, 6) is 0. The van der Waals surface area contributed by atoms with E-state index < -0.39 is 0 Å². The minimum atomic E-state index is 1.31. The number of hydrogen-bond donors (Lipinski definition) is 0. The van der Waals surface area contributed by atoms with Gasteiger partial charge in [-0.15, -0.1) is 0 Å². The van der Waals surface area contributed by atoms with Gasteiger partial charge in [0.1, 0.15) is 0 Å². The smallest absolute Gasteiger partial charge is 0.0158 e. The zero-order chi connectivity index (χ0) is 10.6. The summed E-state index contributed by atoms with van der Waals surface area (Å²) in [6.07, 6.45) is 4.39. The molecule has 0 radical (unpaired) electrons. The zero-order valence-electron chi connectivity index (χ0n) is 9.46. The molecule has 0 saturated heterocycles. The number of rotatable bonds is 2. The highest BCUT2D eigenvalue weighted by molar-refractivity contribution is 5.76. The summed E-state index contributed by atoms with van der Waals surface area (Å²) >= 11 is 0. The lowest BCUT2D eigenvalue weighted by Crippen LogP contribution is -1.86. The predicted octanol–water partition coefficient (Wildman–Crippen LogP) is 4.36. The van der Waals surface area contributed by atoms with Gasteiger partial charge < -0.3 is 0 Å². The van der Waals surface area contributed by atoms with Crippen LogP contribution in [0.4, 0.5) is 0 Å². The number of benzene rings is 1. The van der Waals surface area contributed by atoms with Crippen LogP contribution < -0.4 is 0 Å². The maximum atomic E-state index is 2.22. The molecule has 0 heterocycles. The quantitative estimate of drug-likeness (QED) is 0.602. The lowest BCUT2D eigenvalue weighted by molar-refractivity contribution is 1.37. The molecule has 0 N–H and O–H groups in total. The Morgan fingerprint density at radius 1 is 1.14 bits per heavy atom. The van der Waals surface area contributed by atoms with Gasteiger partial charge in [-0.25, -0.2) is 0 Å². The summed E-state index contributed by atoms with van der Waals surface area (Å²) in [6, 6.07) is 8.49. The molecule has 0 heteroatoms. The van der Waals surface area contributed by atoms with Crippen molar-refractivity contribution in [2.45, 2.75) is 27.7 Å². The Morgan fingerprint density at radius 2 is 1.79 bits per heavy atom. The lowest BCUT2D eigenvalue weighted by Gasteiger charge is -2.06. The molecule has 0 aliphatic rings. The first-order valence-corrected chi connectivity index (χ1v) is 5.02. The molecule has 74 valence electrons. The fraction of sp³-hybridized carbons (Fsp3) is 0.286. The SMILES string of the molecule is C/C=C(\C=C(C)C)c1ccccc1C. The number of hydrogen-bond acceptors (Lipinski definition) is 0. The monoisotopic (exact) mass is 186 g/mol. The van der Waals surface area contributed by atoms with Crippen molar-refractivity contribution in [3.63, 3.8) is 0 Å². The van der Waals surface area contributed by atoms with E-state index in [9.17, 15) is 0 Å². The second-order valence-electron chi connectivity index (χ2n) is 3.78. The fourth-order valence-corrected chi connectivity index (χ4v) is 1.52. The molecule has 0 fully saturated rings. The highest BCUT2D eigenvalue weighted by atomic mass is 14.0. The molecular weight excluding hydrogens is 168 g/mol. The average Bonchev–Trinajstić information content (AvgIpc) is 2.15. The van der Waals surface area contributed by atoms with Crippen molar-refractivity contribution in [3.8, 4) is 0 Å². The van der Waals surface area contributed by atoms with Crippen LogP contribution in [0.5, 0.6) is 0 Å². The van der Waals surface area contributed by atoms with E-state index in [0.717, 1.165) is 0 Å². The normalized spacial score (nSPS) is 11.3. The zero-order valence-corrected chi connectivity index (χ0v) is 9.46. The molecule has 14 heavy (non-hydrogen) atoms. The predicted molar refractivity (Wildman–Crippen MR) is 64.3 cm³/mol. The van der Waals surface area contributed by atoms with Crippen LogP contribution in [-0.4, -0.2) is 0 Å². The molecule has 0 saturated carbocycles. The number of allylic oxidation sites excluding steroid dienone is 4. The van der Waals surface area contributed by atoms with Gasteiger partial charge in [0.2, 0.25) is 0 Å². The van der Waals surface area contributed by atoms with Crippen LogP contribution in [0.15, 0.2) is 42.0 Å². The molecule has 1 rings (SSSR count). The van der Waals surface area contributed by atoms with Crippen molar-refractivity contribution in [1.82, 2.24) is 0 Å². The standard InChI is InChI=1S/C14H18/c1-5-13(10-11(2)3)14-9-7-6-8-12(14)4/h5-10H,1-4H3/b13-5+.